The van der Waals surface area contributed by atoms with E-state index in [1.807, 2.05) is 20.8 Å². The number of benzene rings is 2. The normalized spacial score (nSPS) is 14.1. The predicted octanol–water partition coefficient (Wildman–Crippen LogP) is 4.70. The summed E-state index contributed by atoms with van der Waals surface area (Å²) < 4.78 is 0. The summed E-state index contributed by atoms with van der Waals surface area (Å²) in [5.74, 6) is -1.35. The van der Waals surface area contributed by atoms with Crippen molar-refractivity contribution >= 4 is 46.8 Å². The Labute approximate surface area is 215 Å². The number of halogens is 2. The van der Waals surface area contributed by atoms with Gasteiger partial charge in [-0.15, -0.1) is 0 Å². The van der Waals surface area contributed by atoms with E-state index >= 15 is 0 Å². The highest BCUT2D eigenvalue weighted by Gasteiger charge is 2.35. The van der Waals surface area contributed by atoms with Crippen LogP contribution in [-0.4, -0.2) is 51.6 Å². The van der Waals surface area contributed by atoms with Crippen LogP contribution in [0.25, 0.3) is 0 Å². The van der Waals surface area contributed by atoms with E-state index in [4.69, 9.17) is 23.2 Å². The molecule has 2 aromatic carbocycles. The maximum Gasteiger partial charge on any atom is 0.261 e. The minimum atomic E-state index is -0.798. The van der Waals surface area contributed by atoms with Crippen LogP contribution in [0.3, 0.4) is 0 Å². The van der Waals surface area contributed by atoms with Crippen LogP contribution < -0.4 is 5.32 Å². The van der Waals surface area contributed by atoms with Gasteiger partial charge in [0, 0.05) is 40.7 Å². The molecule has 0 saturated heterocycles. The Morgan fingerprint density at radius 1 is 0.971 bits per heavy atom. The molecule has 0 saturated carbocycles. The number of carbonyl (C=O) groups is 4. The average molecular weight is 518 g/mol. The van der Waals surface area contributed by atoms with Crippen LogP contribution in [0.15, 0.2) is 42.5 Å². The van der Waals surface area contributed by atoms with Gasteiger partial charge >= 0.3 is 0 Å². The maximum absolute atomic E-state index is 13.3. The Kier molecular flexibility index (Phi) is 8.23. The zero-order valence-corrected chi connectivity index (χ0v) is 21.7. The quantitative estimate of drug-likeness (QED) is 0.514. The molecule has 0 aliphatic carbocycles. The third-order valence-corrected chi connectivity index (χ3v) is 6.41. The first-order valence-electron chi connectivity index (χ1n) is 11.4. The first-order valence-corrected chi connectivity index (χ1v) is 12.2. The second kappa shape index (κ2) is 10.8. The van der Waals surface area contributed by atoms with E-state index in [2.05, 4.69) is 5.32 Å². The van der Waals surface area contributed by atoms with Crippen LogP contribution in [-0.2, 0) is 16.1 Å². The molecule has 3 rings (SSSR count). The fraction of sp³-hybridized carbons (Fsp3) is 0.385. The van der Waals surface area contributed by atoms with Gasteiger partial charge in [-0.3, -0.25) is 24.1 Å². The maximum atomic E-state index is 13.3. The fourth-order valence-corrected chi connectivity index (χ4v) is 4.40. The lowest BCUT2D eigenvalue weighted by Crippen LogP contribution is -2.52. The highest BCUT2D eigenvalue weighted by atomic mass is 35.5. The number of nitrogens with zero attached hydrogens (tertiary/aromatic N) is 2. The summed E-state index contributed by atoms with van der Waals surface area (Å²) in [6.07, 6.45) is 0.285. The van der Waals surface area contributed by atoms with Gasteiger partial charge < -0.3 is 10.2 Å². The van der Waals surface area contributed by atoms with Gasteiger partial charge in [-0.05, 0) is 58.4 Å². The summed E-state index contributed by atoms with van der Waals surface area (Å²) in [4.78, 5) is 54.0. The summed E-state index contributed by atoms with van der Waals surface area (Å²) in [6, 6.07) is 10.9. The Morgan fingerprint density at radius 2 is 1.51 bits per heavy atom. The fourth-order valence-electron chi connectivity index (χ4n) is 3.88. The van der Waals surface area contributed by atoms with Crippen molar-refractivity contribution in [1.29, 1.82) is 0 Å². The van der Waals surface area contributed by atoms with Crippen molar-refractivity contribution in [2.24, 2.45) is 0 Å². The zero-order valence-electron chi connectivity index (χ0n) is 20.2. The lowest BCUT2D eigenvalue weighted by molar-refractivity contribution is -0.141. The Hall–Kier alpha value is -2.90. The summed E-state index contributed by atoms with van der Waals surface area (Å²) in [5, 5.41) is 3.68. The number of imide groups is 1. The average Bonchev–Trinajstić information content (AvgIpc) is 3.02. The molecule has 4 amide bonds. The highest BCUT2D eigenvalue weighted by molar-refractivity contribution is 6.36. The van der Waals surface area contributed by atoms with E-state index in [-0.39, 0.29) is 49.6 Å². The summed E-state index contributed by atoms with van der Waals surface area (Å²) in [6.45, 7) is 7.36. The number of hydrogen-bond donors (Lipinski definition) is 1. The van der Waals surface area contributed by atoms with Gasteiger partial charge in [0.2, 0.25) is 11.8 Å². The standard InChI is InChI=1S/C26H29Cl2N3O4/c1-16(23(33)29-26(2,3)4)31(15-19-20(27)11-7-12-21(19)28)22(32)13-8-14-30-24(34)17-9-5-6-10-18(17)25(30)35/h5-7,9-12,16H,8,13-15H2,1-4H3,(H,29,33). The molecule has 1 N–H and O–H groups in total. The van der Waals surface area contributed by atoms with E-state index in [0.29, 0.717) is 26.7 Å². The first-order chi connectivity index (χ1) is 16.4. The van der Waals surface area contributed by atoms with E-state index in [0.717, 1.165) is 4.90 Å². The third-order valence-electron chi connectivity index (χ3n) is 5.71. The lowest BCUT2D eigenvalue weighted by Gasteiger charge is -2.32. The van der Waals surface area contributed by atoms with E-state index in [9.17, 15) is 19.2 Å². The van der Waals surface area contributed by atoms with Gasteiger partial charge in [0.1, 0.15) is 6.04 Å². The van der Waals surface area contributed by atoms with E-state index in [1.54, 1.807) is 49.4 Å². The molecule has 1 aliphatic rings. The van der Waals surface area contributed by atoms with Crippen molar-refractivity contribution in [3.63, 3.8) is 0 Å². The molecule has 0 spiro atoms. The third kappa shape index (κ3) is 6.21. The Bertz CT molecular complexity index is 1100. The molecule has 1 atom stereocenters. The van der Waals surface area contributed by atoms with Crippen molar-refractivity contribution < 1.29 is 19.2 Å². The van der Waals surface area contributed by atoms with Gasteiger partial charge in [0.05, 0.1) is 11.1 Å². The summed E-state index contributed by atoms with van der Waals surface area (Å²) >= 11 is 12.7. The van der Waals surface area contributed by atoms with Gasteiger partial charge in [-0.1, -0.05) is 41.4 Å². The number of rotatable bonds is 8. The van der Waals surface area contributed by atoms with Gasteiger partial charge in [0.15, 0.2) is 0 Å². The number of fused-ring (bicyclic) bond motifs is 1. The van der Waals surface area contributed by atoms with Crippen LogP contribution in [0.2, 0.25) is 10.0 Å². The molecule has 1 heterocycles. The smallest absolute Gasteiger partial charge is 0.261 e. The molecule has 7 nitrogen and oxygen atoms in total. The molecule has 0 aromatic heterocycles. The molecular weight excluding hydrogens is 489 g/mol. The molecule has 1 unspecified atom stereocenters. The molecule has 0 fully saturated rings. The predicted molar refractivity (Wildman–Crippen MR) is 135 cm³/mol. The summed E-state index contributed by atoms with van der Waals surface area (Å²) in [5.41, 5.74) is 0.797. The second-order valence-corrected chi connectivity index (χ2v) is 10.4. The van der Waals surface area contributed by atoms with Crippen LogP contribution in [0.4, 0.5) is 0 Å². The largest absolute Gasteiger partial charge is 0.350 e. The Balaban J connectivity index is 1.73. The molecule has 2 aromatic rings. The van der Waals surface area contributed by atoms with Crippen molar-refractivity contribution in [2.45, 2.75) is 58.7 Å². The molecule has 0 bridgehead atoms. The topological polar surface area (TPSA) is 86.8 Å². The second-order valence-electron chi connectivity index (χ2n) is 9.55. The van der Waals surface area contributed by atoms with E-state index in [1.165, 1.54) is 4.90 Å². The molecule has 9 heteroatoms. The monoisotopic (exact) mass is 517 g/mol. The molecule has 35 heavy (non-hydrogen) atoms. The molecule has 186 valence electrons. The van der Waals surface area contributed by atoms with Crippen molar-refractivity contribution in [2.75, 3.05) is 6.54 Å². The number of nitrogens with one attached hydrogen (secondary N) is 1. The van der Waals surface area contributed by atoms with Crippen LogP contribution in [0, 0.1) is 0 Å². The van der Waals surface area contributed by atoms with Gasteiger partial charge in [0.25, 0.3) is 11.8 Å². The minimum Gasteiger partial charge on any atom is -0.350 e. The van der Waals surface area contributed by atoms with Crippen molar-refractivity contribution in [1.82, 2.24) is 15.1 Å². The summed E-state index contributed by atoms with van der Waals surface area (Å²) in [7, 11) is 0. The molecule has 0 radical (unpaired) electrons. The number of amides is 4. The Morgan fingerprint density at radius 3 is 2.03 bits per heavy atom. The number of carbonyl (C=O) groups excluding carboxylic acids is 4. The first kappa shape index (κ1) is 26.7. The van der Waals surface area contributed by atoms with Crippen LogP contribution >= 0.6 is 23.2 Å². The molecular formula is C26H29Cl2N3O4. The highest BCUT2D eigenvalue weighted by Crippen LogP contribution is 2.27. The van der Waals surface area contributed by atoms with Crippen LogP contribution in [0.5, 0.6) is 0 Å². The lowest BCUT2D eigenvalue weighted by atomic mass is 10.1. The van der Waals surface area contributed by atoms with Crippen molar-refractivity contribution in [3.8, 4) is 0 Å². The molecule has 1 aliphatic heterocycles. The van der Waals surface area contributed by atoms with Gasteiger partial charge in [-0.2, -0.15) is 0 Å². The minimum absolute atomic E-state index is 0.0304. The van der Waals surface area contributed by atoms with Crippen molar-refractivity contribution in [3.05, 3.63) is 69.2 Å². The van der Waals surface area contributed by atoms with Gasteiger partial charge in [-0.25, -0.2) is 0 Å². The SMILES string of the molecule is CC(C(=O)NC(C)(C)C)N(Cc1c(Cl)cccc1Cl)C(=O)CCCN1C(=O)c2ccccc2C1=O. The zero-order chi connectivity index (χ0) is 25.9. The number of hydrogen-bond acceptors (Lipinski definition) is 4. The van der Waals surface area contributed by atoms with Crippen LogP contribution in [0.1, 0.15) is 66.8 Å². The van der Waals surface area contributed by atoms with E-state index < -0.39 is 11.6 Å².